The highest BCUT2D eigenvalue weighted by Gasteiger charge is 2.48. The van der Waals surface area contributed by atoms with E-state index in [2.05, 4.69) is 10.2 Å². The molecule has 0 aromatic carbocycles. The van der Waals surface area contributed by atoms with Crippen molar-refractivity contribution in [1.82, 2.24) is 10.2 Å². The van der Waals surface area contributed by atoms with Crippen molar-refractivity contribution in [1.29, 1.82) is 0 Å². The van der Waals surface area contributed by atoms with Gasteiger partial charge in [-0.1, -0.05) is 0 Å². The van der Waals surface area contributed by atoms with E-state index >= 15 is 0 Å². The zero-order valence-electron chi connectivity index (χ0n) is 9.71. The zero-order chi connectivity index (χ0) is 11.0. The molecule has 1 saturated carbocycles. The van der Waals surface area contributed by atoms with Crippen molar-refractivity contribution < 1.29 is 9.53 Å². The molecule has 0 bridgehead atoms. The number of carbonyl (C=O) groups excluding carboxylic acids is 1. The Morgan fingerprint density at radius 3 is 2.88 bits per heavy atom. The largest absolute Gasteiger partial charge is 0.369 e. The molecule has 0 radical (unpaired) electrons. The number of hydrogen-bond acceptors (Lipinski definition) is 3. The molecule has 4 nitrogen and oxygen atoms in total. The third kappa shape index (κ3) is 1.55. The van der Waals surface area contributed by atoms with E-state index < -0.39 is 0 Å². The quantitative estimate of drug-likeness (QED) is 0.706. The Balaban J connectivity index is 1.84. The molecule has 3 rings (SSSR count). The van der Waals surface area contributed by atoms with Gasteiger partial charge in [-0.3, -0.25) is 4.79 Å². The number of amides is 1. The fourth-order valence-electron chi connectivity index (χ4n) is 3.25. The molecule has 0 aromatic rings. The van der Waals surface area contributed by atoms with Gasteiger partial charge in [-0.15, -0.1) is 0 Å². The van der Waals surface area contributed by atoms with Crippen LogP contribution in [0.2, 0.25) is 0 Å². The molecular formula is C12H20N2O2. The minimum Gasteiger partial charge on any atom is -0.369 e. The van der Waals surface area contributed by atoms with Crippen LogP contribution in [0.3, 0.4) is 0 Å². The van der Waals surface area contributed by atoms with Crippen LogP contribution in [0.15, 0.2) is 0 Å². The van der Waals surface area contributed by atoms with Crippen molar-refractivity contribution in [2.75, 3.05) is 26.3 Å². The number of nitrogens with one attached hydrogen (secondary N) is 1. The lowest BCUT2D eigenvalue weighted by Crippen LogP contribution is -2.69. The number of nitrogens with zero attached hydrogens (tertiary/aromatic N) is 1. The number of hydrogen-bond donors (Lipinski definition) is 1. The third-order valence-electron chi connectivity index (χ3n) is 4.27. The van der Waals surface area contributed by atoms with E-state index in [1.807, 2.05) is 0 Å². The molecular weight excluding hydrogens is 204 g/mol. The van der Waals surface area contributed by atoms with Crippen molar-refractivity contribution in [2.45, 2.75) is 43.7 Å². The second-order valence-corrected chi connectivity index (χ2v) is 5.35. The van der Waals surface area contributed by atoms with E-state index in [0.717, 1.165) is 32.5 Å². The standard InChI is InChI=1S/C12H20N2O2/c15-11-7-16-9-12(5-2-6-13-8-12)14(11)10-3-1-4-10/h10,13H,1-9H2. The van der Waals surface area contributed by atoms with Crippen LogP contribution in [0, 0.1) is 0 Å². The number of piperidine rings is 1. The van der Waals surface area contributed by atoms with E-state index in [1.54, 1.807) is 0 Å². The fourth-order valence-corrected chi connectivity index (χ4v) is 3.25. The summed E-state index contributed by atoms with van der Waals surface area (Å²) in [5.41, 5.74) is -0.0291. The monoisotopic (exact) mass is 224 g/mol. The molecule has 3 fully saturated rings. The lowest BCUT2D eigenvalue weighted by atomic mass is 9.81. The first-order valence-electron chi connectivity index (χ1n) is 6.42. The molecule has 0 aromatic heterocycles. The molecule has 2 heterocycles. The number of ether oxygens (including phenoxy) is 1. The van der Waals surface area contributed by atoms with Crippen LogP contribution in [-0.2, 0) is 9.53 Å². The molecule has 16 heavy (non-hydrogen) atoms. The van der Waals surface area contributed by atoms with Crippen molar-refractivity contribution in [2.24, 2.45) is 0 Å². The summed E-state index contributed by atoms with van der Waals surface area (Å²) in [5.74, 6) is 0.208. The van der Waals surface area contributed by atoms with Crippen molar-refractivity contribution in [3.63, 3.8) is 0 Å². The highest BCUT2D eigenvalue weighted by atomic mass is 16.5. The number of morpholine rings is 1. The lowest BCUT2D eigenvalue weighted by molar-refractivity contribution is -0.169. The maximum absolute atomic E-state index is 12.1. The van der Waals surface area contributed by atoms with Crippen LogP contribution in [0.5, 0.6) is 0 Å². The summed E-state index contributed by atoms with van der Waals surface area (Å²) in [6.07, 6.45) is 5.90. The average Bonchev–Trinajstić information content (AvgIpc) is 2.22. The summed E-state index contributed by atoms with van der Waals surface area (Å²) < 4.78 is 5.49. The molecule has 1 aliphatic carbocycles. The molecule has 1 N–H and O–H groups in total. The normalized spacial score (nSPS) is 36.5. The predicted octanol–water partition coefficient (Wildman–Crippen LogP) is 0.520. The Kier molecular flexibility index (Phi) is 2.64. The van der Waals surface area contributed by atoms with Gasteiger partial charge in [0.25, 0.3) is 0 Å². The molecule has 1 amide bonds. The SMILES string of the molecule is O=C1COCC2(CCCNC2)N1C1CCC1. The Bertz CT molecular complexity index is 277. The predicted molar refractivity (Wildman–Crippen MR) is 60.1 cm³/mol. The van der Waals surface area contributed by atoms with Gasteiger partial charge in [0.05, 0.1) is 12.1 Å². The fraction of sp³-hybridized carbons (Fsp3) is 0.917. The van der Waals surface area contributed by atoms with Gasteiger partial charge >= 0.3 is 0 Å². The summed E-state index contributed by atoms with van der Waals surface area (Å²) in [4.78, 5) is 14.2. The highest BCUT2D eigenvalue weighted by molar-refractivity contribution is 5.79. The number of carbonyl (C=O) groups is 1. The highest BCUT2D eigenvalue weighted by Crippen LogP contribution is 2.36. The van der Waals surface area contributed by atoms with Gasteiger partial charge < -0.3 is 15.0 Å². The van der Waals surface area contributed by atoms with Crippen LogP contribution in [0.4, 0.5) is 0 Å². The van der Waals surface area contributed by atoms with Crippen molar-refractivity contribution in [3.05, 3.63) is 0 Å². The van der Waals surface area contributed by atoms with Gasteiger partial charge in [0.2, 0.25) is 5.91 Å². The maximum atomic E-state index is 12.1. The minimum atomic E-state index is -0.0291. The Labute approximate surface area is 96.3 Å². The van der Waals surface area contributed by atoms with Crippen LogP contribution in [0.1, 0.15) is 32.1 Å². The molecule has 1 atom stereocenters. The second-order valence-electron chi connectivity index (χ2n) is 5.35. The zero-order valence-corrected chi connectivity index (χ0v) is 9.71. The van der Waals surface area contributed by atoms with E-state index in [1.165, 1.54) is 19.3 Å². The summed E-state index contributed by atoms with van der Waals surface area (Å²) in [7, 11) is 0. The van der Waals surface area contributed by atoms with Crippen molar-refractivity contribution >= 4 is 5.91 Å². The Morgan fingerprint density at radius 2 is 2.25 bits per heavy atom. The Morgan fingerprint density at radius 1 is 1.38 bits per heavy atom. The van der Waals surface area contributed by atoms with Crippen LogP contribution in [0.25, 0.3) is 0 Å². The van der Waals surface area contributed by atoms with E-state index in [0.29, 0.717) is 6.04 Å². The van der Waals surface area contributed by atoms with Gasteiger partial charge in [-0.05, 0) is 38.6 Å². The second kappa shape index (κ2) is 4.00. The van der Waals surface area contributed by atoms with Gasteiger partial charge in [0.15, 0.2) is 0 Å². The van der Waals surface area contributed by atoms with Gasteiger partial charge in [-0.25, -0.2) is 0 Å². The Hall–Kier alpha value is -0.610. The summed E-state index contributed by atoms with van der Waals surface area (Å²) in [6, 6.07) is 0.497. The molecule has 4 heteroatoms. The van der Waals surface area contributed by atoms with Crippen LogP contribution < -0.4 is 5.32 Å². The maximum Gasteiger partial charge on any atom is 0.249 e. The van der Waals surface area contributed by atoms with Crippen molar-refractivity contribution in [3.8, 4) is 0 Å². The smallest absolute Gasteiger partial charge is 0.249 e. The van der Waals surface area contributed by atoms with E-state index in [-0.39, 0.29) is 18.1 Å². The van der Waals surface area contributed by atoms with Crippen LogP contribution in [-0.4, -0.2) is 48.7 Å². The van der Waals surface area contributed by atoms with Gasteiger partial charge in [0, 0.05) is 12.6 Å². The first kappa shape index (κ1) is 10.5. The van der Waals surface area contributed by atoms with E-state index in [4.69, 9.17) is 4.74 Å². The summed E-state index contributed by atoms with van der Waals surface area (Å²) in [6.45, 7) is 3.00. The third-order valence-corrected chi connectivity index (χ3v) is 4.27. The molecule has 2 saturated heterocycles. The van der Waals surface area contributed by atoms with Gasteiger partial charge in [-0.2, -0.15) is 0 Å². The first-order valence-corrected chi connectivity index (χ1v) is 6.42. The summed E-state index contributed by atoms with van der Waals surface area (Å²) in [5, 5.41) is 3.42. The average molecular weight is 224 g/mol. The van der Waals surface area contributed by atoms with E-state index in [9.17, 15) is 4.79 Å². The molecule has 90 valence electrons. The van der Waals surface area contributed by atoms with Crippen LogP contribution >= 0.6 is 0 Å². The lowest BCUT2D eigenvalue weighted by Gasteiger charge is -2.54. The first-order chi connectivity index (χ1) is 7.82. The molecule has 1 spiro atoms. The molecule has 2 aliphatic heterocycles. The molecule has 3 aliphatic rings. The number of rotatable bonds is 1. The van der Waals surface area contributed by atoms with Gasteiger partial charge in [0.1, 0.15) is 6.61 Å². The topological polar surface area (TPSA) is 41.6 Å². The minimum absolute atomic E-state index is 0.0291. The summed E-state index contributed by atoms with van der Waals surface area (Å²) >= 11 is 0. The molecule has 1 unspecified atom stereocenters.